The van der Waals surface area contributed by atoms with Crippen LogP contribution >= 0.6 is 0 Å². The number of ether oxygens (including phenoxy) is 1. The minimum Gasteiger partial charge on any atom is -0.370 e. The number of pyridine rings is 1. The molecule has 0 bridgehead atoms. The van der Waals surface area contributed by atoms with Crippen molar-refractivity contribution in [1.29, 1.82) is 0 Å². The van der Waals surface area contributed by atoms with Gasteiger partial charge in [-0.1, -0.05) is 26.0 Å². The molecule has 1 aliphatic rings. The van der Waals surface area contributed by atoms with E-state index in [1.165, 1.54) is 17.0 Å². The number of hydrogen-bond acceptors (Lipinski definition) is 4. The van der Waals surface area contributed by atoms with Gasteiger partial charge < -0.3 is 14.5 Å². The molecule has 154 valence electrons. The Labute approximate surface area is 170 Å². The summed E-state index contributed by atoms with van der Waals surface area (Å²) in [6, 6.07) is 9.49. The first kappa shape index (κ1) is 20.9. The molecule has 3 rings (SSSR count). The largest absolute Gasteiger partial charge is 0.370 e. The fraction of sp³-hybridized carbons (Fsp3) is 0.409. The molecule has 2 aromatic rings. The lowest BCUT2D eigenvalue weighted by atomic mass is 10.2. The first-order chi connectivity index (χ1) is 13.9. The maximum atomic E-state index is 13.4. The molecule has 7 heteroatoms. The van der Waals surface area contributed by atoms with Gasteiger partial charge in [-0.3, -0.25) is 14.6 Å². The average molecular weight is 399 g/mol. The van der Waals surface area contributed by atoms with Crippen molar-refractivity contribution in [3.8, 4) is 0 Å². The highest BCUT2D eigenvalue weighted by Gasteiger charge is 2.31. The predicted molar refractivity (Wildman–Crippen MR) is 107 cm³/mol. The first-order valence-electron chi connectivity index (χ1n) is 9.75. The average Bonchev–Trinajstić information content (AvgIpc) is 2.85. The Morgan fingerprint density at radius 1 is 1.24 bits per heavy atom. The van der Waals surface area contributed by atoms with Gasteiger partial charge in [0.2, 0.25) is 5.91 Å². The molecule has 1 aromatic heterocycles. The van der Waals surface area contributed by atoms with Gasteiger partial charge in [-0.15, -0.1) is 0 Å². The molecular formula is C22H26FN3O3. The van der Waals surface area contributed by atoms with Gasteiger partial charge in [0.05, 0.1) is 12.7 Å². The van der Waals surface area contributed by atoms with Gasteiger partial charge in [0.15, 0.2) is 0 Å². The Kier molecular flexibility index (Phi) is 6.93. The lowest BCUT2D eigenvalue weighted by Gasteiger charge is -2.26. The van der Waals surface area contributed by atoms with E-state index < -0.39 is 0 Å². The van der Waals surface area contributed by atoms with Gasteiger partial charge in [-0.2, -0.15) is 0 Å². The van der Waals surface area contributed by atoms with Crippen molar-refractivity contribution in [1.82, 2.24) is 14.8 Å². The SMILES string of the molecule is CC(C)CN1CC(OCc2cccc(F)c2)CN(C(=O)c2ccncc2)CC1=O. The van der Waals surface area contributed by atoms with Crippen molar-refractivity contribution < 1.29 is 18.7 Å². The minimum absolute atomic E-state index is 0.00764. The monoisotopic (exact) mass is 399 g/mol. The van der Waals surface area contributed by atoms with Crippen LogP contribution < -0.4 is 0 Å². The predicted octanol–water partition coefficient (Wildman–Crippen LogP) is 2.75. The summed E-state index contributed by atoms with van der Waals surface area (Å²) in [6.45, 7) is 5.58. The zero-order valence-corrected chi connectivity index (χ0v) is 16.8. The van der Waals surface area contributed by atoms with Crippen molar-refractivity contribution in [2.75, 3.05) is 26.2 Å². The molecule has 6 nitrogen and oxygen atoms in total. The molecule has 1 aromatic carbocycles. The molecule has 0 radical (unpaired) electrons. The number of carbonyl (C=O) groups is 2. The molecule has 0 spiro atoms. The Balaban J connectivity index is 1.76. The second kappa shape index (κ2) is 9.60. The van der Waals surface area contributed by atoms with Gasteiger partial charge in [0.1, 0.15) is 12.4 Å². The highest BCUT2D eigenvalue weighted by atomic mass is 19.1. The molecule has 2 amide bonds. The van der Waals surface area contributed by atoms with E-state index in [-0.39, 0.29) is 43.4 Å². The van der Waals surface area contributed by atoms with Crippen LogP contribution in [0.1, 0.15) is 29.8 Å². The number of hydrogen-bond donors (Lipinski definition) is 0. The molecule has 1 saturated heterocycles. The summed E-state index contributed by atoms with van der Waals surface area (Å²) in [5.74, 6) is -0.354. The topological polar surface area (TPSA) is 62.7 Å². The third-order valence-electron chi connectivity index (χ3n) is 4.70. The van der Waals surface area contributed by atoms with E-state index in [4.69, 9.17) is 4.74 Å². The van der Waals surface area contributed by atoms with Crippen molar-refractivity contribution in [3.63, 3.8) is 0 Å². The molecule has 0 aliphatic carbocycles. The summed E-state index contributed by atoms with van der Waals surface area (Å²) in [4.78, 5) is 32.9. The number of amides is 2. The van der Waals surface area contributed by atoms with E-state index in [0.717, 1.165) is 0 Å². The molecule has 0 N–H and O–H groups in total. The first-order valence-corrected chi connectivity index (χ1v) is 9.75. The smallest absolute Gasteiger partial charge is 0.254 e. The van der Waals surface area contributed by atoms with E-state index in [9.17, 15) is 14.0 Å². The molecule has 1 fully saturated rings. The van der Waals surface area contributed by atoms with Crippen LogP contribution in [0, 0.1) is 11.7 Å². The van der Waals surface area contributed by atoms with Crippen LogP contribution in [-0.4, -0.2) is 58.9 Å². The third kappa shape index (κ3) is 5.84. The second-order valence-corrected chi connectivity index (χ2v) is 7.68. The quantitative estimate of drug-likeness (QED) is 0.749. The number of rotatable bonds is 6. The maximum Gasteiger partial charge on any atom is 0.254 e. The molecular weight excluding hydrogens is 373 g/mol. The zero-order chi connectivity index (χ0) is 20.8. The lowest BCUT2D eigenvalue weighted by molar-refractivity contribution is -0.132. The Bertz CT molecular complexity index is 844. The highest BCUT2D eigenvalue weighted by Crippen LogP contribution is 2.15. The summed E-state index contributed by atoms with van der Waals surface area (Å²) >= 11 is 0. The summed E-state index contributed by atoms with van der Waals surface area (Å²) in [6.07, 6.45) is 2.74. The van der Waals surface area contributed by atoms with Gasteiger partial charge >= 0.3 is 0 Å². The Hall–Kier alpha value is -2.80. The number of carbonyl (C=O) groups excluding carboxylic acids is 2. The van der Waals surface area contributed by atoms with Crippen LogP contribution in [0.2, 0.25) is 0 Å². The van der Waals surface area contributed by atoms with Gasteiger partial charge in [0.25, 0.3) is 5.91 Å². The number of nitrogens with zero attached hydrogens (tertiary/aromatic N) is 3. The summed E-state index contributed by atoms with van der Waals surface area (Å²) < 4.78 is 19.5. The van der Waals surface area contributed by atoms with Crippen LogP contribution in [0.25, 0.3) is 0 Å². The summed E-state index contributed by atoms with van der Waals surface area (Å²) in [5, 5.41) is 0. The van der Waals surface area contributed by atoms with Crippen LogP contribution in [-0.2, 0) is 16.1 Å². The van der Waals surface area contributed by atoms with E-state index in [1.807, 2.05) is 13.8 Å². The van der Waals surface area contributed by atoms with E-state index in [1.54, 1.807) is 41.6 Å². The van der Waals surface area contributed by atoms with E-state index in [2.05, 4.69) is 4.98 Å². The van der Waals surface area contributed by atoms with Gasteiger partial charge in [-0.25, -0.2) is 4.39 Å². The standard InChI is InChI=1S/C22H26FN3O3/c1-16(2)11-25-12-20(29-15-17-4-3-5-19(23)10-17)13-26(14-21(25)27)22(28)18-6-8-24-9-7-18/h3-10,16,20H,11-15H2,1-2H3. The molecule has 0 saturated carbocycles. The highest BCUT2D eigenvalue weighted by molar-refractivity contribution is 5.96. The molecule has 1 unspecified atom stereocenters. The summed E-state index contributed by atoms with van der Waals surface area (Å²) in [5.41, 5.74) is 1.19. The zero-order valence-electron chi connectivity index (χ0n) is 16.8. The molecule has 1 atom stereocenters. The normalized spacial score (nSPS) is 17.5. The van der Waals surface area contributed by atoms with Crippen LogP contribution in [0.15, 0.2) is 48.8 Å². The fourth-order valence-corrected chi connectivity index (χ4v) is 3.37. The Morgan fingerprint density at radius 2 is 2.00 bits per heavy atom. The fourth-order valence-electron chi connectivity index (χ4n) is 3.37. The van der Waals surface area contributed by atoms with Crippen molar-refractivity contribution in [2.45, 2.75) is 26.6 Å². The number of halogens is 1. The number of benzene rings is 1. The second-order valence-electron chi connectivity index (χ2n) is 7.68. The lowest BCUT2D eigenvalue weighted by Crippen LogP contribution is -2.40. The van der Waals surface area contributed by atoms with Crippen molar-refractivity contribution >= 4 is 11.8 Å². The molecule has 29 heavy (non-hydrogen) atoms. The van der Waals surface area contributed by atoms with Crippen LogP contribution in [0.4, 0.5) is 4.39 Å². The molecule has 2 heterocycles. The summed E-state index contributed by atoms with van der Waals surface area (Å²) in [7, 11) is 0. The third-order valence-corrected chi connectivity index (χ3v) is 4.70. The molecule has 1 aliphatic heterocycles. The maximum absolute atomic E-state index is 13.4. The van der Waals surface area contributed by atoms with Crippen molar-refractivity contribution in [3.05, 3.63) is 65.7 Å². The van der Waals surface area contributed by atoms with Gasteiger partial charge in [-0.05, 0) is 35.7 Å². The Morgan fingerprint density at radius 3 is 2.69 bits per heavy atom. The van der Waals surface area contributed by atoms with Crippen molar-refractivity contribution in [2.24, 2.45) is 5.92 Å². The van der Waals surface area contributed by atoms with Gasteiger partial charge in [0, 0.05) is 37.6 Å². The van der Waals surface area contributed by atoms with E-state index >= 15 is 0 Å². The van der Waals surface area contributed by atoms with E-state index in [0.29, 0.717) is 30.1 Å². The number of aromatic nitrogens is 1. The van der Waals surface area contributed by atoms with Crippen LogP contribution in [0.3, 0.4) is 0 Å². The minimum atomic E-state index is -0.366. The van der Waals surface area contributed by atoms with Crippen LogP contribution in [0.5, 0.6) is 0 Å².